The number of benzene rings is 2. The van der Waals surface area contributed by atoms with Gasteiger partial charge in [-0.15, -0.1) is 0 Å². The van der Waals surface area contributed by atoms with Crippen molar-refractivity contribution in [3.63, 3.8) is 0 Å². The third-order valence-electron chi connectivity index (χ3n) is 4.10. The van der Waals surface area contributed by atoms with E-state index in [1.54, 1.807) is 56.8 Å². The number of ether oxygens (including phenoxy) is 2. The molecule has 0 saturated carbocycles. The first-order valence-electron chi connectivity index (χ1n) is 8.53. The smallest absolute Gasteiger partial charge is 0.256 e. The van der Waals surface area contributed by atoms with Crippen molar-refractivity contribution in [1.29, 1.82) is 0 Å². The molecule has 0 radical (unpaired) electrons. The fourth-order valence-electron chi connectivity index (χ4n) is 2.58. The molecule has 1 aromatic heterocycles. The van der Waals surface area contributed by atoms with Gasteiger partial charge < -0.3 is 20.1 Å². The molecule has 2 N–H and O–H groups in total. The fraction of sp³-hybridized carbons (Fsp3) is 0.143. The second kappa shape index (κ2) is 8.63. The van der Waals surface area contributed by atoms with E-state index in [1.807, 2.05) is 19.1 Å². The first kappa shape index (κ1) is 19.5. The van der Waals surface area contributed by atoms with E-state index in [2.05, 4.69) is 15.6 Å². The van der Waals surface area contributed by atoms with Crippen LogP contribution in [0.5, 0.6) is 11.5 Å². The summed E-state index contributed by atoms with van der Waals surface area (Å²) in [6.07, 6.45) is 1.63. The van der Waals surface area contributed by atoms with E-state index >= 15 is 0 Å². The van der Waals surface area contributed by atoms with Crippen LogP contribution in [0.2, 0.25) is 5.02 Å². The molecule has 1 amide bonds. The van der Waals surface area contributed by atoms with E-state index in [-0.39, 0.29) is 5.91 Å². The zero-order chi connectivity index (χ0) is 20.1. The number of carbonyl (C=O) groups is 1. The molecule has 28 heavy (non-hydrogen) atoms. The number of aryl methyl sites for hydroxylation is 1. The molecule has 0 unspecified atom stereocenters. The number of anilines is 3. The molecule has 0 saturated heterocycles. The lowest BCUT2D eigenvalue weighted by molar-refractivity contribution is 0.102. The molecule has 3 rings (SSSR count). The Morgan fingerprint density at radius 3 is 2.57 bits per heavy atom. The average Bonchev–Trinajstić information content (AvgIpc) is 2.72. The highest BCUT2D eigenvalue weighted by molar-refractivity contribution is 6.31. The summed E-state index contributed by atoms with van der Waals surface area (Å²) in [6, 6.07) is 14.1. The summed E-state index contributed by atoms with van der Waals surface area (Å²) >= 11 is 6.14. The van der Waals surface area contributed by atoms with E-state index in [9.17, 15) is 4.79 Å². The van der Waals surface area contributed by atoms with Crippen LogP contribution in [0.1, 0.15) is 15.9 Å². The van der Waals surface area contributed by atoms with Crippen molar-refractivity contribution in [2.75, 3.05) is 24.9 Å². The number of hydrogen-bond acceptors (Lipinski definition) is 5. The van der Waals surface area contributed by atoms with Gasteiger partial charge in [-0.2, -0.15) is 0 Å². The molecule has 0 aliphatic heterocycles. The number of nitrogens with one attached hydrogen (secondary N) is 2. The highest BCUT2D eigenvalue weighted by Gasteiger charge is 2.10. The number of pyridine rings is 1. The predicted octanol–water partition coefficient (Wildman–Crippen LogP) is 5.06. The molecular formula is C21H20ClN3O3. The summed E-state index contributed by atoms with van der Waals surface area (Å²) < 4.78 is 10.5. The minimum absolute atomic E-state index is 0.262. The fourth-order valence-corrected chi connectivity index (χ4v) is 2.73. The molecule has 0 bridgehead atoms. The number of hydrogen-bond donors (Lipinski definition) is 2. The topological polar surface area (TPSA) is 72.5 Å². The number of halogens is 1. The minimum atomic E-state index is -0.262. The number of carbonyl (C=O) groups excluding carboxylic acids is 1. The van der Waals surface area contributed by atoms with Gasteiger partial charge in [0.25, 0.3) is 5.91 Å². The molecule has 0 aliphatic rings. The summed E-state index contributed by atoms with van der Waals surface area (Å²) in [5.74, 6) is 1.43. The van der Waals surface area contributed by atoms with Crippen molar-refractivity contribution in [1.82, 2.24) is 4.98 Å². The van der Waals surface area contributed by atoms with Crippen LogP contribution < -0.4 is 20.1 Å². The molecule has 0 aliphatic carbocycles. The predicted molar refractivity (Wildman–Crippen MR) is 111 cm³/mol. The highest BCUT2D eigenvalue weighted by atomic mass is 35.5. The van der Waals surface area contributed by atoms with Crippen molar-refractivity contribution < 1.29 is 14.3 Å². The molecule has 144 valence electrons. The zero-order valence-corrected chi connectivity index (χ0v) is 16.5. The first-order chi connectivity index (χ1) is 13.5. The van der Waals surface area contributed by atoms with Crippen LogP contribution in [0.3, 0.4) is 0 Å². The second-order valence-electron chi connectivity index (χ2n) is 6.04. The summed E-state index contributed by atoms with van der Waals surface area (Å²) in [7, 11) is 3.14. The Balaban J connectivity index is 1.72. The van der Waals surface area contributed by atoms with Crippen LogP contribution in [0.15, 0.2) is 54.7 Å². The van der Waals surface area contributed by atoms with Crippen LogP contribution in [-0.2, 0) is 0 Å². The van der Waals surface area contributed by atoms with Crippen LogP contribution in [0.25, 0.3) is 0 Å². The Hall–Kier alpha value is -3.25. The second-order valence-corrected chi connectivity index (χ2v) is 6.45. The Morgan fingerprint density at radius 2 is 1.89 bits per heavy atom. The van der Waals surface area contributed by atoms with Gasteiger partial charge in [-0.1, -0.05) is 17.7 Å². The van der Waals surface area contributed by atoms with Crippen molar-refractivity contribution >= 4 is 34.7 Å². The standard InChI is InChI=1S/C21H20ClN3O3/c1-13-9-18(19(28-3)11-17(13)22)24-15-7-8-20(23-12-15)25-21(26)14-5-4-6-16(10-14)27-2/h4-12,24H,1-3H3,(H,23,25,26). The van der Waals surface area contributed by atoms with E-state index in [4.69, 9.17) is 21.1 Å². The maximum atomic E-state index is 12.4. The summed E-state index contributed by atoms with van der Waals surface area (Å²) in [6.45, 7) is 1.92. The van der Waals surface area contributed by atoms with Crippen molar-refractivity contribution in [2.45, 2.75) is 6.92 Å². The number of aromatic nitrogens is 1. The van der Waals surface area contributed by atoms with Gasteiger partial charge in [-0.25, -0.2) is 4.98 Å². The lowest BCUT2D eigenvalue weighted by atomic mass is 10.2. The normalized spacial score (nSPS) is 10.3. The monoisotopic (exact) mass is 397 g/mol. The van der Waals surface area contributed by atoms with Crippen molar-refractivity contribution in [3.05, 3.63) is 70.9 Å². The number of amides is 1. The van der Waals surface area contributed by atoms with E-state index < -0.39 is 0 Å². The summed E-state index contributed by atoms with van der Waals surface area (Å²) in [4.78, 5) is 16.6. The Bertz CT molecular complexity index is 991. The maximum Gasteiger partial charge on any atom is 0.256 e. The molecular weight excluding hydrogens is 378 g/mol. The van der Waals surface area contributed by atoms with Gasteiger partial charge in [0.05, 0.1) is 31.8 Å². The van der Waals surface area contributed by atoms with Gasteiger partial charge in [-0.05, 0) is 48.9 Å². The van der Waals surface area contributed by atoms with Gasteiger partial charge >= 0.3 is 0 Å². The first-order valence-corrected chi connectivity index (χ1v) is 8.90. The van der Waals surface area contributed by atoms with Gasteiger partial charge in [0, 0.05) is 16.7 Å². The van der Waals surface area contributed by atoms with E-state index in [1.165, 1.54) is 0 Å². The molecule has 0 atom stereocenters. The number of rotatable bonds is 6. The Kier molecular flexibility index (Phi) is 6.01. The third-order valence-corrected chi connectivity index (χ3v) is 4.50. The van der Waals surface area contributed by atoms with Gasteiger partial charge in [0.1, 0.15) is 17.3 Å². The van der Waals surface area contributed by atoms with Gasteiger partial charge in [0.2, 0.25) is 0 Å². The van der Waals surface area contributed by atoms with Crippen LogP contribution in [-0.4, -0.2) is 25.1 Å². The largest absolute Gasteiger partial charge is 0.497 e. The molecule has 1 heterocycles. The average molecular weight is 398 g/mol. The molecule has 3 aromatic rings. The summed E-state index contributed by atoms with van der Waals surface area (Å²) in [5.41, 5.74) is 2.95. The van der Waals surface area contributed by atoms with Crippen molar-refractivity contribution in [2.24, 2.45) is 0 Å². The summed E-state index contributed by atoms with van der Waals surface area (Å²) in [5, 5.41) is 6.64. The molecule has 7 heteroatoms. The highest BCUT2D eigenvalue weighted by Crippen LogP contribution is 2.33. The maximum absolute atomic E-state index is 12.4. The minimum Gasteiger partial charge on any atom is -0.497 e. The van der Waals surface area contributed by atoms with Gasteiger partial charge in [-0.3, -0.25) is 4.79 Å². The number of methoxy groups -OCH3 is 2. The SMILES string of the molecule is COc1cccc(C(=O)Nc2ccc(Nc3cc(C)c(Cl)cc3OC)cn2)c1. The molecule has 6 nitrogen and oxygen atoms in total. The molecule has 0 spiro atoms. The lowest BCUT2D eigenvalue weighted by Gasteiger charge is -2.13. The van der Waals surface area contributed by atoms with Gasteiger partial charge in [0.15, 0.2) is 0 Å². The molecule has 0 fully saturated rings. The Morgan fingerprint density at radius 1 is 1.07 bits per heavy atom. The third kappa shape index (κ3) is 4.53. The lowest BCUT2D eigenvalue weighted by Crippen LogP contribution is -2.13. The zero-order valence-electron chi connectivity index (χ0n) is 15.7. The van der Waals surface area contributed by atoms with E-state index in [0.29, 0.717) is 27.9 Å². The number of nitrogens with zero attached hydrogens (tertiary/aromatic N) is 1. The van der Waals surface area contributed by atoms with Crippen LogP contribution in [0, 0.1) is 6.92 Å². The van der Waals surface area contributed by atoms with Crippen molar-refractivity contribution in [3.8, 4) is 11.5 Å². The van der Waals surface area contributed by atoms with Crippen LogP contribution >= 0.6 is 11.6 Å². The Labute approximate surface area is 168 Å². The molecule has 2 aromatic carbocycles. The van der Waals surface area contributed by atoms with E-state index in [0.717, 1.165) is 16.9 Å². The quantitative estimate of drug-likeness (QED) is 0.608. The van der Waals surface area contributed by atoms with Crippen LogP contribution in [0.4, 0.5) is 17.2 Å².